The third-order valence-corrected chi connectivity index (χ3v) is 5.35. The zero-order valence-corrected chi connectivity index (χ0v) is 17.8. The van der Waals surface area contributed by atoms with Crippen LogP contribution in [0.15, 0.2) is 24.3 Å². The van der Waals surface area contributed by atoms with Crippen LogP contribution < -0.4 is 5.32 Å². The van der Waals surface area contributed by atoms with Gasteiger partial charge in [-0.25, -0.2) is 9.37 Å². The first kappa shape index (κ1) is 19.8. The third-order valence-electron chi connectivity index (χ3n) is 5.35. The summed E-state index contributed by atoms with van der Waals surface area (Å²) in [6.07, 6.45) is 0. The van der Waals surface area contributed by atoms with E-state index in [1.54, 1.807) is 34.6 Å². The smallest absolute Gasteiger partial charge is 0.256 e. The monoisotopic (exact) mass is 406 g/mol. The Morgan fingerprint density at radius 3 is 2.37 bits per heavy atom. The molecule has 0 spiro atoms. The first-order valence-electron chi connectivity index (χ1n) is 9.59. The highest BCUT2D eigenvalue weighted by Gasteiger charge is 2.22. The molecule has 0 radical (unpaired) electrons. The molecule has 1 N–H and O–H groups in total. The molecule has 0 fully saturated rings. The summed E-state index contributed by atoms with van der Waals surface area (Å²) < 4.78 is 17.7. The van der Waals surface area contributed by atoms with Crippen LogP contribution in [0.1, 0.15) is 33.0 Å². The summed E-state index contributed by atoms with van der Waals surface area (Å²) in [4.78, 5) is 18.0. The summed E-state index contributed by atoms with van der Waals surface area (Å²) in [6, 6.07) is 6.35. The first-order valence-corrected chi connectivity index (χ1v) is 9.59. The highest BCUT2D eigenvalue weighted by atomic mass is 19.1. The molecule has 3 aromatic heterocycles. The molecule has 0 aliphatic rings. The first-order chi connectivity index (χ1) is 14.2. The second-order valence-corrected chi connectivity index (χ2v) is 7.57. The van der Waals surface area contributed by atoms with Gasteiger partial charge >= 0.3 is 0 Å². The number of pyridine rings is 1. The van der Waals surface area contributed by atoms with Crippen molar-refractivity contribution in [3.63, 3.8) is 0 Å². The van der Waals surface area contributed by atoms with Crippen molar-refractivity contribution in [2.75, 3.05) is 5.32 Å². The second kappa shape index (κ2) is 7.05. The number of nitrogens with zero attached hydrogens (tertiary/aromatic N) is 5. The summed E-state index contributed by atoms with van der Waals surface area (Å²) in [5, 5.41) is 12.3. The van der Waals surface area contributed by atoms with Crippen LogP contribution in [0.4, 0.5) is 10.1 Å². The molecule has 3 heterocycles. The Morgan fingerprint density at radius 2 is 1.70 bits per heavy atom. The minimum atomic E-state index is -0.485. The van der Waals surface area contributed by atoms with Crippen molar-refractivity contribution in [3.8, 4) is 11.3 Å². The number of hydrogen-bond acceptors (Lipinski definition) is 4. The van der Waals surface area contributed by atoms with E-state index in [-0.39, 0.29) is 5.69 Å². The molecular weight excluding hydrogens is 383 g/mol. The molecule has 8 heteroatoms. The molecular formula is C22H23FN6O. The molecule has 0 saturated carbocycles. The normalized spacial score (nSPS) is 11.3. The minimum absolute atomic E-state index is 0.141. The molecule has 4 aromatic rings. The lowest BCUT2D eigenvalue weighted by molar-refractivity contribution is 0.102. The van der Waals surface area contributed by atoms with E-state index in [4.69, 9.17) is 4.98 Å². The molecule has 1 aromatic carbocycles. The van der Waals surface area contributed by atoms with E-state index >= 15 is 0 Å². The second-order valence-electron chi connectivity index (χ2n) is 7.57. The number of fused-ring (bicyclic) bond motifs is 1. The van der Waals surface area contributed by atoms with Crippen molar-refractivity contribution in [2.24, 2.45) is 14.1 Å². The summed E-state index contributed by atoms with van der Waals surface area (Å²) >= 11 is 0. The molecule has 4 rings (SSSR count). The van der Waals surface area contributed by atoms with Gasteiger partial charge in [-0.3, -0.25) is 14.2 Å². The van der Waals surface area contributed by atoms with Gasteiger partial charge in [0.05, 0.1) is 33.7 Å². The summed E-state index contributed by atoms with van der Waals surface area (Å²) in [6.45, 7) is 7.54. The summed E-state index contributed by atoms with van der Waals surface area (Å²) in [5.41, 5.74) is 5.91. The Labute approximate surface area is 173 Å². The molecule has 154 valence electrons. The fourth-order valence-corrected chi connectivity index (χ4v) is 3.82. The summed E-state index contributed by atoms with van der Waals surface area (Å²) in [5.74, 6) is -0.898. The van der Waals surface area contributed by atoms with Crippen molar-refractivity contribution < 1.29 is 9.18 Å². The highest BCUT2D eigenvalue weighted by molar-refractivity contribution is 6.13. The zero-order chi connectivity index (χ0) is 21.7. The Balaban J connectivity index is 1.92. The maximum atomic E-state index is 14.2. The van der Waals surface area contributed by atoms with Crippen molar-refractivity contribution in [1.82, 2.24) is 24.5 Å². The zero-order valence-electron chi connectivity index (χ0n) is 17.8. The lowest BCUT2D eigenvalue weighted by Gasteiger charge is -2.11. The lowest BCUT2D eigenvalue weighted by Crippen LogP contribution is -2.14. The minimum Gasteiger partial charge on any atom is -0.319 e. The molecule has 0 aliphatic heterocycles. The van der Waals surface area contributed by atoms with Crippen LogP contribution in [0.5, 0.6) is 0 Å². The van der Waals surface area contributed by atoms with Gasteiger partial charge in [0.2, 0.25) is 0 Å². The number of carbonyl (C=O) groups is 1. The van der Waals surface area contributed by atoms with E-state index in [1.807, 2.05) is 34.7 Å². The van der Waals surface area contributed by atoms with E-state index in [1.165, 1.54) is 6.07 Å². The molecule has 1 amide bonds. The van der Waals surface area contributed by atoms with Crippen LogP contribution >= 0.6 is 0 Å². The fourth-order valence-electron chi connectivity index (χ4n) is 3.82. The van der Waals surface area contributed by atoms with Gasteiger partial charge in [-0.05, 0) is 51.5 Å². The van der Waals surface area contributed by atoms with Crippen molar-refractivity contribution in [1.29, 1.82) is 0 Å². The number of nitrogens with one attached hydrogen (secondary N) is 1. The number of anilines is 1. The molecule has 0 saturated heterocycles. The molecule has 0 aliphatic carbocycles. The number of rotatable bonds is 3. The lowest BCUT2D eigenvalue weighted by atomic mass is 10.0. The van der Waals surface area contributed by atoms with Crippen LogP contribution in [0.25, 0.3) is 22.3 Å². The predicted molar refractivity (Wildman–Crippen MR) is 114 cm³/mol. The maximum Gasteiger partial charge on any atom is 0.256 e. The fraction of sp³-hybridized carbons (Fsp3) is 0.273. The van der Waals surface area contributed by atoms with E-state index in [9.17, 15) is 9.18 Å². The van der Waals surface area contributed by atoms with Crippen molar-refractivity contribution in [2.45, 2.75) is 27.7 Å². The third kappa shape index (κ3) is 3.14. The van der Waals surface area contributed by atoms with E-state index in [0.29, 0.717) is 28.0 Å². The highest BCUT2D eigenvalue weighted by Crippen LogP contribution is 2.31. The van der Waals surface area contributed by atoms with Crippen LogP contribution in [0, 0.1) is 33.5 Å². The van der Waals surface area contributed by atoms with Crippen LogP contribution in [0.3, 0.4) is 0 Å². The Bertz CT molecular complexity index is 1320. The van der Waals surface area contributed by atoms with Crippen molar-refractivity contribution >= 4 is 22.6 Å². The largest absolute Gasteiger partial charge is 0.319 e. The SMILES string of the molecule is Cc1ccc(F)c(NC(=O)c2cc(-c3c(C)nn(C)c3C)nc3c2c(C)nn3C)c1. The van der Waals surface area contributed by atoms with Gasteiger partial charge < -0.3 is 5.32 Å². The molecule has 0 bridgehead atoms. The Morgan fingerprint density at radius 1 is 1.00 bits per heavy atom. The number of benzene rings is 1. The van der Waals surface area contributed by atoms with Gasteiger partial charge in [0.1, 0.15) is 5.82 Å². The average molecular weight is 406 g/mol. The van der Waals surface area contributed by atoms with E-state index in [2.05, 4.69) is 15.5 Å². The number of hydrogen-bond donors (Lipinski definition) is 1. The van der Waals surface area contributed by atoms with Gasteiger partial charge in [-0.1, -0.05) is 6.07 Å². The number of halogens is 1. The molecule has 0 unspecified atom stereocenters. The Kier molecular flexibility index (Phi) is 4.64. The van der Waals surface area contributed by atoms with E-state index < -0.39 is 11.7 Å². The molecule has 30 heavy (non-hydrogen) atoms. The quantitative estimate of drug-likeness (QED) is 0.558. The van der Waals surface area contributed by atoms with Crippen LogP contribution in [-0.2, 0) is 14.1 Å². The van der Waals surface area contributed by atoms with Crippen molar-refractivity contribution in [3.05, 3.63) is 58.3 Å². The Hall–Kier alpha value is -3.55. The van der Waals surface area contributed by atoms with Gasteiger partial charge in [0.15, 0.2) is 5.65 Å². The summed E-state index contributed by atoms with van der Waals surface area (Å²) in [7, 11) is 3.66. The van der Waals surface area contributed by atoms with Crippen LogP contribution in [0.2, 0.25) is 0 Å². The average Bonchev–Trinajstić information content (AvgIpc) is 3.11. The topological polar surface area (TPSA) is 77.6 Å². The number of aryl methyl sites for hydroxylation is 5. The maximum absolute atomic E-state index is 14.2. The molecule has 7 nitrogen and oxygen atoms in total. The molecule has 0 atom stereocenters. The van der Waals surface area contributed by atoms with Gasteiger partial charge in [-0.15, -0.1) is 0 Å². The van der Waals surface area contributed by atoms with Crippen LogP contribution in [-0.4, -0.2) is 30.5 Å². The number of aromatic nitrogens is 5. The van der Waals surface area contributed by atoms with E-state index in [0.717, 1.165) is 22.5 Å². The van der Waals surface area contributed by atoms with Gasteiger partial charge in [-0.2, -0.15) is 10.2 Å². The van der Waals surface area contributed by atoms with Gasteiger partial charge in [0.25, 0.3) is 5.91 Å². The number of amides is 1. The predicted octanol–water partition coefficient (Wildman–Crippen LogP) is 3.99. The van der Waals surface area contributed by atoms with Gasteiger partial charge in [0, 0.05) is 25.4 Å². The number of carbonyl (C=O) groups excluding carboxylic acids is 1. The standard InChI is InChI=1S/C22H23FN6O/c1-11-7-8-16(23)17(9-11)25-22(30)15-10-18(19-12(2)26-28(5)14(19)4)24-21-20(15)13(3)27-29(21)6/h7-10H,1-6H3,(H,25,30).